The van der Waals surface area contributed by atoms with E-state index >= 15 is 0 Å². The first-order chi connectivity index (χ1) is 12.3. The molecule has 0 fully saturated rings. The summed E-state index contributed by atoms with van der Waals surface area (Å²) in [6.07, 6.45) is 6.16. The third-order valence-electron chi connectivity index (χ3n) is 4.40. The van der Waals surface area contributed by atoms with Crippen LogP contribution in [0.1, 0.15) is 11.1 Å². The van der Waals surface area contributed by atoms with Crippen molar-refractivity contribution in [1.29, 1.82) is 0 Å². The van der Waals surface area contributed by atoms with E-state index in [-0.39, 0.29) is 0 Å². The molecule has 25 heavy (non-hydrogen) atoms. The van der Waals surface area contributed by atoms with Gasteiger partial charge >= 0.3 is 0 Å². The summed E-state index contributed by atoms with van der Waals surface area (Å²) in [4.78, 5) is 7.16. The maximum Gasteiger partial charge on any atom is 0.122 e. The summed E-state index contributed by atoms with van der Waals surface area (Å²) in [6, 6.07) is 21.0. The standard InChI is InChI=1S/C22H19NOS/c1-24-18-12-13-23-21(15-18)20-8-4-5-9-22(20)25-19-11-10-16-6-2-3-7-17(16)14-19/h2-9,11-13,15H,10,14H2,1H3. The number of hydrogen-bond donors (Lipinski definition) is 0. The molecule has 3 aromatic rings. The first kappa shape index (κ1) is 16.0. The smallest absolute Gasteiger partial charge is 0.122 e. The molecule has 0 atom stereocenters. The molecule has 0 saturated carbocycles. The Morgan fingerprint density at radius 3 is 2.64 bits per heavy atom. The van der Waals surface area contributed by atoms with Crippen molar-refractivity contribution >= 4 is 11.8 Å². The van der Waals surface area contributed by atoms with Crippen LogP contribution in [0.25, 0.3) is 11.3 Å². The monoisotopic (exact) mass is 345 g/mol. The normalized spacial score (nSPS) is 13.1. The zero-order valence-corrected chi connectivity index (χ0v) is 14.9. The number of thioether (sulfide) groups is 1. The van der Waals surface area contributed by atoms with Gasteiger partial charge in [0, 0.05) is 29.1 Å². The summed E-state index contributed by atoms with van der Waals surface area (Å²) < 4.78 is 5.35. The number of aromatic nitrogens is 1. The SMILES string of the molecule is COc1ccnc(-c2ccccc2SC2=CCc3ccccc3C2)c1. The van der Waals surface area contributed by atoms with Gasteiger partial charge in [0.15, 0.2) is 0 Å². The van der Waals surface area contributed by atoms with E-state index in [1.807, 2.05) is 23.9 Å². The first-order valence-electron chi connectivity index (χ1n) is 8.36. The zero-order valence-electron chi connectivity index (χ0n) is 14.1. The van der Waals surface area contributed by atoms with E-state index in [4.69, 9.17) is 4.74 Å². The van der Waals surface area contributed by atoms with Crippen LogP contribution < -0.4 is 4.74 Å². The van der Waals surface area contributed by atoms with Crippen molar-refractivity contribution in [1.82, 2.24) is 4.98 Å². The fourth-order valence-corrected chi connectivity index (χ4v) is 4.19. The Balaban J connectivity index is 1.63. The van der Waals surface area contributed by atoms with Gasteiger partial charge in [-0.2, -0.15) is 0 Å². The average Bonchev–Trinajstić information content (AvgIpc) is 2.68. The van der Waals surface area contributed by atoms with Gasteiger partial charge in [-0.05, 0) is 34.6 Å². The maximum absolute atomic E-state index is 5.35. The third-order valence-corrected chi connectivity index (χ3v) is 5.55. The number of methoxy groups -OCH3 is 1. The second kappa shape index (κ2) is 7.16. The minimum absolute atomic E-state index is 0.829. The summed E-state index contributed by atoms with van der Waals surface area (Å²) in [5.74, 6) is 0.829. The lowest BCUT2D eigenvalue weighted by atomic mass is 9.97. The molecular formula is C22H19NOS. The van der Waals surface area contributed by atoms with Crippen LogP contribution in [0.5, 0.6) is 5.75 Å². The van der Waals surface area contributed by atoms with E-state index in [0.717, 1.165) is 29.8 Å². The summed E-state index contributed by atoms with van der Waals surface area (Å²) in [6.45, 7) is 0. The van der Waals surface area contributed by atoms with E-state index in [1.165, 1.54) is 20.9 Å². The predicted molar refractivity (Wildman–Crippen MR) is 104 cm³/mol. The summed E-state index contributed by atoms with van der Waals surface area (Å²) in [5.41, 5.74) is 4.96. The molecule has 0 N–H and O–H groups in total. The third kappa shape index (κ3) is 3.47. The summed E-state index contributed by atoms with van der Waals surface area (Å²) in [5, 5.41) is 0. The van der Waals surface area contributed by atoms with Gasteiger partial charge in [0.1, 0.15) is 5.75 Å². The van der Waals surface area contributed by atoms with Gasteiger partial charge in [-0.1, -0.05) is 60.3 Å². The van der Waals surface area contributed by atoms with Crippen LogP contribution >= 0.6 is 11.8 Å². The van der Waals surface area contributed by atoms with Crippen molar-refractivity contribution in [3.63, 3.8) is 0 Å². The molecule has 1 aliphatic rings. The molecule has 1 heterocycles. The highest BCUT2D eigenvalue weighted by atomic mass is 32.2. The van der Waals surface area contributed by atoms with E-state index in [1.54, 1.807) is 13.3 Å². The van der Waals surface area contributed by atoms with Gasteiger partial charge < -0.3 is 4.74 Å². The molecule has 0 spiro atoms. The van der Waals surface area contributed by atoms with Crippen molar-refractivity contribution in [2.75, 3.05) is 7.11 Å². The van der Waals surface area contributed by atoms with Crippen LogP contribution in [0.2, 0.25) is 0 Å². The molecule has 1 aliphatic carbocycles. The molecule has 0 radical (unpaired) electrons. The van der Waals surface area contributed by atoms with Crippen LogP contribution in [-0.4, -0.2) is 12.1 Å². The molecule has 0 bridgehead atoms. The first-order valence-corrected chi connectivity index (χ1v) is 9.18. The Kier molecular flexibility index (Phi) is 4.57. The van der Waals surface area contributed by atoms with Gasteiger partial charge in [-0.15, -0.1) is 0 Å². The van der Waals surface area contributed by atoms with Crippen LogP contribution in [0.3, 0.4) is 0 Å². The molecule has 2 aromatic carbocycles. The van der Waals surface area contributed by atoms with Crippen LogP contribution in [0.4, 0.5) is 0 Å². The highest BCUT2D eigenvalue weighted by Crippen LogP contribution is 2.38. The van der Waals surface area contributed by atoms with Crippen molar-refractivity contribution in [2.45, 2.75) is 17.7 Å². The minimum Gasteiger partial charge on any atom is -0.497 e. The highest BCUT2D eigenvalue weighted by Gasteiger charge is 2.14. The molecule has 124 valence electrons. The predicted octanol–water partition coefficient (Wildman–Crippen LogP) is 5.53. The van der Waals surface area contributed by atoms with Gasteiger partial charge in [-0.25, -0.2) is 0 Å². The molecule has 2 nitrogen and oxygen atoms in total. The van der Waals surface area contributed by atoms with E-state index < -0.39 is 0 Å². The molecule has 0 aliphatic heterocycles. The number of ether oxygens (including phenoxy) is 1. The Morgan fingerprint density at radius 2 is 1.76 bits per heavy atom. The molecular weight excluding hydrogens is 326 g/mol. The topological polar surface area (TPSA) is 22.1 Å². The number of allylic oxidation sites excluding steroid dienone is 2. The number of rotatable bonds is 4. The van der Waals surface area contributed by atoms with Crippen molar-refractivity contribution in [3.05, 3.63) is 89.0 Å². The highest BCUT2D eigenvalue weighted by molar-refractivity contribution is 8.03. The Labute approximate surface area is 152 Å². The molecule has 0 amide bonds. The molecule has 4 rings (SSSR count). The molecule has 1 aromatic heterocycles. The van der Waals surface area contributed by atoms with Crippen molar-refractivity contribution in [3.8, 4) is 17.0 Å². The van der Waals surface area contributed by atoms with Gasteiger partial charge in [0.25, 0.3) is 0 Å². The molecule has 0 saturated heterocycles. The van der Waals surface area contributed by atoms with Crippen LogP contribution in [-0.2, 0) is 12.8 Å². The van der Waals surface area contributed by atoms with Crippen molar-refractivity contribution in [2.24, 2.45) is 0 Å². The molecule has 0 unspecified atom stereocenters. The van der Waals surface area contributed by atoms with E-state index in [2.05, 4.69) is 59.6 Å². The number of pyridine rings is 1. The Morgan fingerprint density at radius 1 is 0.960 bits per heavy atom. The minimum atomic E-state index is 0.829. The van der Waals surface area contributed by atoms with E-state index in [9.17, 15) is 0 Å². The van der Waals surface area contributed by atoms with Gasteiger partial charge in [-0.3, -0.25) is 4.98 Å². The van der Waals surface area contributed by atoms with E-state index in [0.29, 0.717) is 0 Å². The zero-order chi connectivity index (χ0) is 17.1. The number of hydrogen-bond acceptors (Lipinski definition) is 3. The maximum atomic E-state index is 5.35. The fraction of sp³-hybridized carbons (Fsp3) is 0.136. The lowest BCUT2D eigenvalue weighted by Crippen LogP contribution is -2.01. The Bertz CT molecular complexity index is 933. The summed E-state index contributed by atoms with van der Waals surface area (Å²) in [7, 11) is 1.68. The lowest BCUT2D eigenvalue weighted by molar-refractivity contribution is 0.414. The molecule has 3 heteroatoms. The summed E-state index contributed by atoms with van der Waals surface area (Å²) >= 11 is 1.84. The second-order valence-corrected chi connectivity index (χ2v) is 7.17. The number of benzene rings is 2. The van der Waals surface area contributed by atoms with Crippen molar-refractivity contribution < 1.29 is 4.74 Å². The lowest BCUT2D eigenvalue weighted by Gasteiger charge is -2.17. The average molecular weight is 345 g/mol. The quantitative estimate of drug-likeness (QED) is 0.620. The van der Waals surface area contributed by atoms with Crippen LogP contribution in [0.15, 0.2) is 82.7 Å². The van der Waals surface area contributed by atoms with Gasteiger partial charge in [0.2, 0.25) is 0 Å². The fourth-order valence-electron chi connectivity index (χ4n) is 3.08. The van der Waals surface area contributed by atoms with Crippen LogP contribution in [0, 0.1) is 0 Å². The Hall–Kier alpha value is -2.52. The second-order valence-electron chi connectivity index (χ2n) is 6.00. The largest absolute Gasteiger partial charge is 0.497 e. The number of fused-ring (bicyclic) bond motifs is 1. The number of nitrogens with zero attached hydrogens (tertiary/aromatic N) is 1. The van der Waals surface area contributed by atoms with Gasteiger partial charge in [0.05, 0.1) is 12.8 Å².